The van der Waals surface area contributed by atoms with Crippen LogP contribution in [0, 0.1) is 23.2 Å². The minimum absolute atomic E-state index is 0.454. The van der Waals surface area contributed by atoms with E-state index in [-0.39, 0.29) is 0 Å². The van der Waals surface area contributed by atoms with E-state index in [1.54, 1.807) is 0 Å². The SMILES string of the molecule is CCC1(C(=O)O)CCN(C2CC(C)CCC2C(C)C)CC1. The van der Waals surface area contributed by atoms with E-state index in [0.717, 1.165) is 50.1 Å². The third-order valence-electron chi connectivity index (χ3n) is 6.34. The molecule has 3 atom stereocenters. The van der Waals surface area contributed by atoms with Crippen molar-refractivity contribution in [2.24, 2.45) is 23.2 Å². The number of rotatable bonds is 4. The van der Waals surface area contributed by atoms with Crippen molar-refractivity contribution in [1.29, 1.82) is 0 Å². The quantitative estimate of drug-likeness (QED) is 0.851. The molecule has 1 heterocycles. The van der Waals surface area contributed by atoms with Crippen LogP contribution in [-0.4, -0.2) is 35.1 Å². The summed E-state index contributed by atoms with van der Waals surface area (Å²) in [6.07, 6.45) is 6.43. The molecule has 2 aliphatic rings. The van der Waals surface area contributed by atoms with Gasteiger partial charge in [-0.3, -0.25) is 4.79 Å². The van der Waals surface area contributed by atoms with E-state index in [1.165, 1.54) is 19.3 Å². The molecule has 0 bridgehead atoms. The van der Waals surface area contributed by atoms with Crippen LogP contribution in [0.5, 0.6) is 0 Å². The van der Waals surface area contributed by atoms with Crippen LogP contribution >= 0.6 is 0 Å². The average Bonchev–Trinajstić information content (AvgIpc) is 2.46. The number of nitrogens with zero attached hydrogens (tertiary/aromatic N) is 1. The van der Waals surface area contributed by atoms with Crippen LogP contribution in [0.15, 0.2) is 0 Å². The van der Waals surface area contributed by atoms with Crippen molar-refractivity contribution < 1.29 is 9.90 Å². The number of hydrogen-bond donors (Lipinski definition) is 1. The molecule has 21 heavy (non-hydrogen) atoms. The van der Waals surface area contributed by atoms with Crippen LogP contribution in [0.4, 0.5) is 0 Å². The fourth-order valence-electron chi connectivity index (χ4n) is 4.57. The fraction of sp³-hybridized carbons (Fsp3) is 0.944. The first kappa shape index (κ1) is 16.8. The number of likely N-dealkylation sites (tertiary alicyclic amines) is 1. The van der Waals surface area contributed by atoms with Gasteiger partial charge < -0.3 is 10.0 Å². The first-order chi connectivity index (χ1) is 9.89. The van der Waals surface area contributed by atoms with Crippen molar-refractivity contribution in [1.82, 2.24) is 4.90 Å². The largest absolute Gasteiger partial charge is 0.481 e. The summed E-state index contributed by atoms with van der Waals surface area (Å²) < 4.78 is 0. The third-order valence-corrected chi connectivity index (χ3v) is 6.34. The Bertz CT molecular complexity index is 358. The highest BCUT2D eigenvalue weighted by molar-refractivity contribution is 5.74. The van der Waals surface area contributed by atoms with Crippen LogP contribution in [0.2, 0.25) is 0 Å². The molecule has 1 N–H and O–H groups in total. The second-order valence-electron chi connectivity index (χ2n) is 7.87. The van der Waals surface area contributed by atoms with Crippen LogP contribution in [-0.2, 0) is 4.79 Å². The standard InChI is InChI=1S/C18H33NO2/c1-5-18(17(20)21)8-10-19(11-9-18)16-12-14(4)6-7-15(16)13(2)3/h13-16H,5-12H2,1-4H3,(H,20,21). The molecule has 0 spiro atoms. The molecule has 0 amide bonds. The highest BCUT2D eigenvalue weighted by Gasteiger charge is 2.43. The van der Waals surface area contributed by atoms with Gasteiger partial charge in [-0.15, -0.1) is 0 Å². The zero-order valence-electron chi connectivity index (χ0n) is 14.3. The number of carbonyl (C=O) groups is 1. The molecule has 3 nitrogen and oxygen atoms in total. The number of piperidine rings is 1. The summed E-state index contributed by atoms with van der Waals surface area (Å²) in [4.78, 5) is 14.2. The molecule has 3 unspecified atom stereocenters. The lowest BCUT2D eigenvalue weighted by Crippen LogP contribution is -2.52. The fourth-order valence-corrected chi connectivity index (χ4v) is 4.57. The molecule has 122 valence electrons. The molecule has 1 saturated carbocycles. The van der Waals surface area contributed by atoms with E-state index in [9.17, 15) is 9.90 Å². The zero-order chi connectivity index (χ0) is 15.6. The van der Waals surface area contributed by atoms with Gasteiger partial charge in [0, 0.05) is 6.04 Å². The molecule has 2 fully saturated rings. The van der Waals surface area contributed by atoms with Gasteiger partial charge in [0.05, 0.1) is 5.41 Å². The van der Waals surface area contributed by atoms with Crippen molar-refractivity contribution in [3.8, 4) is 0 Å². The molecule has 1 aliphatic heterocycles. The molecule has 0 radical (unpaired) electrons. The predicted octanol–water partition coefficient (Wildman–Crippen LogP) is 4.02. The Morgan fingerprint density at radius 2 is 1.90 bits per heavy atom. The third kappa shape index (κ3) is 3.44. The van der Waals surface area contributed by atoms with E-state index in [2.05, 4.69) is 25.7 Å². The highest BCUT2D eigenvalue weighted by Crippen LogP contribution is 2.41. The summed E-state index contributed by atoms with van der Waals surface area (Å²) >= 11 is 0. The summed E-state index contributed by atoms with van der Waals surface area (Å²) in [7, 11) is 0. The summed E-state index contributed by atoms with van der Waals surface area (Å²) in [5.74, 6) is 1.77. The summed E-state index contributed by atoms with van der Waals surface area (Å²) in [5, 5.41) is 9.55. The van der Waals surface area contributed by atoms with Crippen molar-refractivity contribution in [2.45, 2.75) is 72.3 Å². The first-order valence-electron chi connectivity index (χ1n) is 8.87. The van der Waals surface area contributed by atoms with Gasteiger partial charge in [0.1, 0.15) is 0 Å². The molecule has 1 saturated heterocycles. The van der Waals surface area contributed by atoms with Crippen molar-refractivity contribution in [2.75, 3.05) is 13.1 Å². The van der Waals surface area contributed by atoms with Crippen LogP contribution in [0.25, 0.3) is 0 Å². The number of hydrogen-bond acceptors (Lipinski definition) is 2. The summed E-state index contributed by atoms with van der Waals surface area (Å²) in [6, 6.07) is 0.678. The Balaban J connectivity index is 2.04. The Labute approximate surface area is 130 Å². The van der Waals surface area contributed by atoms with Gasteiger partial charge in [-0.1, -0.05) is 34.1 Å². The topological polar surface area (TPSA) is 40.5 Å². The Kier molecular flexibility index (Phi) is 5.34. The van der Waals surface area contributed by atoms with Crippen LogP contribution in [0.3, 0.4) is 0 Å². The molecular formula is C18H33NO2. The maximum absolute atomic E-state index is 11.6. The smallest absolute Gasteiger partial charge is 0.309 e. The van der Waals surface area contributed by atoms with Gasteiger partial charge in [0.25, 0.3) is 0 Å². The molecule has 1 aliphatic carbocycles. The van der Waals surface area contributed by atoms with Gasteiger partial charge in [-0.05, 0) is 62.9 Å². The van der Waals surface area contributed by atoms with E-state index >= 15 is 0 Å². The Hall–Kier alpha value is -0.570. The van der Waals surface area contributed by atoms with Gasteiger partial charge in [0.2, 0.25) is 0 Å². The van der Waals surface area contributed by atoms with Crippen LogP contribution in [0.1, 0.15) is 66.2 Å². The molecule has 2 rings (SSSR count). The van der Waals surface area contributed by atoms with Gasteiger partial charge in [-0.25, -0.2) is 0 Å². The van der Waals surface area contributed by atoms with E-state index in [4.69, 9.17) is 0 Å². The maximum atomic E-state index is 11.6. The molecule has 3 heteroatoms. The second kappa shape index (κ2) is 6.68. The highest BCUT2D eigenvalue weighted by atomic mass is 16.4. The van der Waals surface area contributed by atoms with Gasteiger partial charge in [-0.2, -0.15) is 0 Å². The van der Waals surface area contributed by atoms with Crippen LogP contribution < -0.4 is 0 Å². The van der Waals surface area contributed by atoms with E-state index < -0.39 is 11.4 Å². The number of carboxylic acid groups (broad SMARTS) is 1. The minimum Gasteiger partial charge on any atom is -0.481 e. The summed E-state index contributed by atoms with van der Waals surface area (Å²) in [6.45, 7) is 11.1. The lowest BCUT2D eigenvalue weighted by Gasteiger charge is -2.48. The molecule has 0 aromatic carbocycles. The summed E-state index contributed by atoms with van der Waals surface area (Å²) in [5.41, 5.74) is -0.454. The van der Waals surface area contributed by atoms with Crippen molar-refractivity contribution in [3.63, 3.8) is 0 Å². The van der Waals surface area contributed by atoms with E-state index in [0.29, 0.717) is 6.04 Å². The lowest BCUT2D eigenvalue weighted by molar-refractivity contribution is -0.153. The predicted molar refractivity (Wildman–Crippen MR) is 86.3 cm³/mol. The first-order valence-corrected chi connectivity index (χ1v) is 8.87. The van der Waals surface area contributed by atoms with Crippen molar-refractivity contribution >= 4 is 5.97 Å². The molecule has 0 aromatic heterocycles. The molecular weight excluding hydrogens is 262 g/mol. The number of aliphatic carboxylic acids is 1. The maximum Gasteiger partial charge on any atom is 0.309 e. The van der Waals surface area contributed by atoms with Gasteiger partial charge in [0.15, 0.2) is 0 Å². The number of carboxylic acids is 1. The van der Waals surface area contributed by atoms with E-state index in [1.807, 2.05) is 6.92 Å². The Morgan fingerprint density at radius 1 is 1.29 bits per heavy atom. The lowest BCUT2D eigenvalue weighted by atomic mass is 9.71. The second-order valence-corrected chi connectivity index (χ2v) is 7.87. The Morgan fingerprint density at radius 3 is 2.38 bits per heavy atom. The normalized spacial score (nSPS) is 34.0. The monoisotopic (exact) mass is 295 g/mol. The minimum atomic E-state index is -0.581. The molecule has 0 aromatic rings. The van der Waals surface area contributed by atoms with Crippen molar-refractivity contribution in [3.05, 3.63) is 0 Å². The average molecular weight is 295 g/mol. The van der Waals surface area contributed by atoms with Gasteiger partial charge >= 0.3 is 5.97 Å². The zero-order valence-corrected chi connectivity index (χ0v) is 14.3.